The monoisotopic (exact) mass is 450 g/mol. The van der Waals surface area contributed by atoms with Crippen LogP contribution in [0.3, 0.4) is 0 Å². The molecule has 0 amide bonds. The van der Waals surface area contributed by atoms with Crippen LogP contribution in [0.5, 0.6) is 0 Å². The summed E-state index contributed by atoms with van der Waals surface area (Å²) in [7, 11) is 0. The van der Waals surface area contributed by atoms with Gasteiger partial charge in [-0.15, -0.1) is 0 Å². The Bertz CT molecular complexity index is 568. The molecule has 0 aliphatic carbocycles. The first-order chi connectivity index (χ1) is 15.6. The molecule has 2 atom stereocenters. The zero-order chi connectivity index (χ0) is 23.9. The van der Waals surface area contributed by atoms with Crippen LogP contribution >= 0.6 is 0 Å². The highest BCUT2D eigenvalue weighted by molar-refractivity contribution is 5.72. The Balaban J connectivity index is 0.00000302. The largest absolute Gasteiger partial charge is 0.466 e. The van der Waals surface area contributed by atoms with E-state index in [0.29, 0.717) is 12.6 Å². The van der Waals surface area contributed by atoms with E-state index < -0.39 is 0 Å². The summed E-state index contributed by atoms with van der Waals surface area (Å²) in [5.41, 5.74) is 0. The van der Waals surface area contributed by atoms with Gasteiger partial charge in [0, 0.05) is 18.4 Å². The molecule has 32 heavy (non-hydrogen) atoms. The first-order valence-electron chi connectivity index (χ1n) is 12.8. The van der Waals surface area contributed by atoms with E-state index in [1.54, 1.807) is 0 Å². The Morgan fingerprint density at radius 3 is 1.88 bits per heavy atom. The van der Waals surface area contributed by atoms with E-state index in [1.807, 2.05) is 19.4 Å². The number of hydrogen-bond acceptors (Lipinski definition) is 5. The molecule has 0 aliphatic heterocycles. The lowest BCUT2D eigenvalue weighted by atomic mass is 9.97. The molecule has 0 saturated heterocycles. The van der Waals surface area contributed by atoms with Crippen molar-refractivity contribution in [1.29, 1.82) is 0 Å². The molecule has 1 aromatic rings. The van der Waals surface area contributed by atoms with Gasteiger partial charge < -0.3 is 9.30 Å². The molecule has 1 rings (SSSR count). The fourth-order valence-corrected chi connectivity index (χ4v) is 4.12. The second-order valence-corrected chi connectivity index (χ2v) is 8.51. The van der Waals surface area contributed by atoms with Crippen molar-refractivity contribution >= 4 is 12.1 Å². The van der Waals surface area contributed by atoms with E-state index >= 15 is 0 Å². The lowest BCUT2D eigenvalue weighted by molar-refractivity contribution is -0.191. The van der Waals surface area contributed by atoms with Gasteiger partial charge in [0.15, 0.2) is 0 Å². The molecule has 0 radical (unpaired) electrons. The van der Waals surface area contributed by atoms with Gasteiger partial charge >= 0.3 is 12.1 Å². The van der Waals surface area contributed by atoms with Crippen LogP contribution in [-0.4, -0.2) is 28.3 Å². The molecule has 0 N–H and O–H groups in total. The van der Waals surface area contributed by atoms with Gasteiger partial charge in [-0.25, -0.2) is 4.98 Å². The maximum absolute atomic E-state index is 11.8. The summed E-state index contributed by atoms with van der Waals surface area (Å²) in [5.74, 6) is 0.110. The van der Waals surface area contributed by atoms with E-state index in [2.05, 4.69) is 29.6 Å². The van der Waals surface area contributed by atoms with Crippen molar-refractivity contribution in [3.05, 3.63) is 18.7 Å². The Kier molecular flexibility index (Phi) is 20.9. The van der Waals surface area contributed by atoms with Gasteiger partial charge in [-0.1, -0.05) is 84.5 Å². The molecular weight excluding hydrogens is 404 g/mol. The van der Waals surface area contributed by atoms with Gasteiger partial charge in [-0.3, -0.25) is 4.79 Å². The third-order valence-electron chi connectivity index (χ3n) is 6.04. The first-order valence-corrected chi connectivity index (χ1v) is 12.8. The number of esters is 1. The van der Waals surface area contributed by atoms with E-state index in [-0.39, 0.29) is 18.0 Å². The van der Waals surface area contributed by atoms with E-state index in [4.69, 9.17) is 14.3 Å². The topological polar surface area (TPSA) is 78.3 Å². The zero-order valence-corrected chi connectivity index (χ0v) is 20.7. The third kappa shape index (κ3) is 15.8. The second kappa shape index (κ2) is 22.3. The summed E-state index contributed by atoms with van der Waals surface area (Å²) < 4.78 is 7.45. The van der Waals surface area contributed by atoms with Crippen molar-refractivity contribution in [2.75, 3.05) is 6.61 Å². The molecule has 6 heteroatoms. The molecule has 1 aromatic heterocycles. The summed E-state index contributed by atoms with van der Waals surface area (Å²) >= 11 is 0. The number of rotatable bonds is 19. The lowest BCUT2D eigenvalue weighted by Crippen LogP contribution is -2.16. The van der Waals surface area contributed by atoms with Crippen molar-refractivity contribution in [3.8, 4) is 0 Å². The Labute approximate surface area is 195 Å². The maximum Gasteiger partial charge on any atom is 0.373 e. The predicted molar refractivity (Wildman–Crippen MR) is 127 cm³/mol. The summed E-state index contributed by atoms with van der Waals surface area (Å²) in [6, 6.07) is 0.638. The zero-order valence-electron chi connectivity index (χ0n) is 20.7. The predicted octanol–water partition coefficient (Wildman–Crippen LogP) is 6.91. The standard InChI is InChI=1S/C25H46N2O2.CO2/c1-4-7-18-24(27-21-20-26-22-27)19-16-14-12-10-8-9-11-13-15-17-23(5-2)25(28)29-6-3;2-1-3/h20-24H,4-19H2,1-3H3;. The quantitative estimate of drug-likeness (QED) is 0.169. The van der Waals surface area contributed by atoms with Crippen molar-refractivity contribution < 1.29 is 19.1 Å². The van der Waals surface area contributed by atoms with Gasteiger partial charge in [0.25, 0.3) is 0 Å². The van der Waals surface area contributed by atoms with Crippen molar-refractivity contribution in [1.82, 2.24) is 9.55 Å². The van der Waals surface area contributed by atoms with Crippen molar-refractivity contribution in [3.63, 3.8) is 0 Å². The Hall–Kier alpha value is -1.94. The van der Waals surface area contributed by atoms with Crippen LogP contribution in [0.15, 0.2) is 18.7 Å². The van der Waals surface area contributed by atoms with E-state index in [9.17, 15) is 4.79 Å². The minimum Gasteiger partial charge on any atom is -0.466 e. The van der Waals surface area contributed by atoms with E-state index in [0.717, 1.165) is 19.3 Å². The number of aromatic nitrogens is 2. The number of ether oxygens (including phenoxy) is 1. The molecule has 0 aliphatic rings. The second-order valence-electron chi connectivity index (χ2n) is 8.51. The van der Waals surface area contributed by atoms with Gasteiger partial charge in [-0.05, 0) is 32.6 Å². The molecular formula is C26H46N2O4. The molecule has 1 heterocycles. The fourth-order valence-electron chi connectivity index (χ4n) is 4.12. The smallest absolute Gasteiger partial charge is 0.373 e. The Morgan fingerprint density at radius 1 is 0.875 bits per heavy atom. The fraction of sp³-hybridized carbons (Fsp3) is 0.808. The van der Waals surface area contributed by atoms with E-state index in [1.165, 1.54) is 77.0 Å². The van der Waals surface area contributed by atoms with Crippen LogP contribution < -0.4 is 0 Å². The van der Waals surface area contributed by atoms with Gasteiger partial charge in [0.1, 0.15) is 0 Å². The number of hydrogen-bond donors (Lipinski definition) is 0. The van der Waals surface area contributed by atoms with Crippen LogP contribution in [0.1, 0.15) is 123 Å². The number of carbonyl (C=O) groups excluding carboxylic acids is 3. The minimum absolute atomic E-state index is 0.0000263. The van der Waals surface area contributed by atoms with Crippen LogP contribution in [-0.2, 0) is 19.1 Å². The number of unbranched alkanes of at least 4 members (excludes halogenated alkanes) is 9. The Morgan fingerprint density at radius 2 is 1.41 bits per heavy atom. The molecule has 0 fully saturated rings. The average molecular weight is 451 g/mol. The summed E-state index contributed by atoms with van der Waals surface area (Å²) in [5, 5.41) is 0. The van der Waals surface area contributed by atoms with Gasteiger partial charge in [0.05, 0.1) is 18.9 Å². The minimum atomic E-state index is -0.0000263. The average Bonchev–Trinajstić information content (AvgIpc) is 3.32. The van der Waals surface area contributed by atoms with Crippen LogP contribution in [0.4, 0.5) is 0 Å². The first kappa shape index (κ1) is 30.1. The van der Waals surface area contributed by atoms with Crippen LogP contribution in [0, 0.1) is 5.92 Å². The summed E-state index contributed by atoms with van der Waals surface area (Å²) in [6.45, 7) is 6.74. The SMILES string of the molecule is CCCCC(CCCCCCCCCCCC(CC)C(=O)OCC)n1ccnc1.O=C=O. The molecule has 6 nitrogen and oxygen atoms in total. The van der Waals surface area contributed by atoms with Crippen LogP contribution in [0.2, 0.25) is 0 Å². The molecule has 0 bridgehead atoms. The third-order valence-corrected chi connectivity index (χ3v) is 6.04. The highest BCUT2D eigenvalue weighted by Gasteiger charge is 2.16. The van der Waals surface area contributed by atoms with Crippen molar-refractivity contribution in [2.24, 2.45) is 5.92 Å². The molecule has 0 saturated carbocycles. The maximum atomic E-state index is 11.8. The number of imidazole rings is 1. The molecule has 2 unspecified atom stereocenters. The van der Waals surface area contributed by atoms with Crippen molar-refractivity contribution in [2.45, 2.75) is 123 Å². The van der Waals surface area contributed by atoms with Gasteiger partial charge in [-0.2, -0.15) is 9.59 Å². The number of nitrogens with zero attached hydrogens (tertiary/aromatic N) is 2. The molecule has 184 valence electrons. The molecule has 0 spiro atoms. The van der Waals surface area contributed by atoms with Gasteiger partial charge in [0.2, 0.25) is 0 Å². The normalized spacial score (nSPS) is 12.3. The highest BCUT2D eigenvalue weighted by atomic mass is 16.5. The highest BCUT2D eigenvalue weighted by Crippen LogP contribution is 2.23. The molecule has 0 aromatic carbocycles. The lowest BCUT2D eigenvalue weighted by Gasteiger charge is -2.18. The summed E-state index contributed by atoms with van der Waals surface area (Å²) in [4.78, 5) is 32.3. The number of carbonyl (C=O) groups is 1. The summed E-state index contributed by atoms with van der Waals surface area (Å²) in [6.07, 6.45) is 25.1. The van der Waals surface area contributed by atoms with Crippen LogP contribution in [0.25, 0.3) is 0 Å².